The van der Waals surface area contributed by atoms with Crippen molar-refractivity contribution in [2.24, 2.45) is 0 Å². The van der Waals surface area contributed by atoms with E-state index in [1.165, 1.54) is 22.4 Å². The molecule has 0 aliphatic carbocycles. The van der Waals surface area contributed by atoms with Crippen LogP contribution < -0.4 is 20.7 Å². The van der Waals surface area contributed by atoms with Crippen LogP contribution in [0, 0.1) is 6.92 Å². The van der Waals surface area contributed by atoms with E-state index in [1.54, 1.807) is 0 Å². The summed E-state index contributed by atoms with van der Waals surface area (Å²) in [5.41, 5.74) is 9.43. The van der Waals surface area contributed by atoms with Gasteiger partial charge in [-0.3, -0.25) is 0 Å². The van der Waals surface area contributed by atoms with Gasteiger partial charge in [0.2, 0.25) is 11.9 Å². The summed E-state index contributed by atoms with van der Waals surface area (Å²) in [6.07, 6.45) is 2.33. The molecule has 30 heavy (non-hydrogen) atoms. The number of nitrogens with two attached hydrogens (primary N) is 1. The van der Waals surface area contributed by atoms with Crippen molar-refractivity contribution < 1.29 is 9.64 Å². The van der Waals surface area contributed by atoms with Gasteiger partial charge in [0.25, 0.3) is 0 Å². The Labute approximate surface area is 177 Å². The van der Waals surface area contributed by atoms with Crippen LogP contribution >= 0.6 is 0 Å². The van der Waals surface area contributed by atoms with E-state index in [2.05, 4.69) is 51.5 Å². The molecule has 7 heteroatoms. The average molecular weight is 406 g/mol. The molecule has 2 heterocycles. The molecule has 0 radical (unpaired) electrons. The van der Waals surface area contributed by atoms with E-state index in [0.717, 1.165) is 24.4 Å². The van der Waals surface area contributed by atoms with Crippen LogP contribution in [0.2, 0.25) is 0 Å². The van der Waals surface area contributed by atoms with Crippen LogP contribution in [0.25, 0.3) is 0 Å². The van der Waals surface area contributed by atoms with Crippen LogP contribution in [0.15, 0.2) is 48.5 Å². The molecule has 1 fully saturated rings. The third-order valence-corrected chi connectivity index (χ3v) is 5.47. The molecule has 0 amide bonds. The van der Waals surface area contributed by atoms with Gasteiger partial charge in [0.1, 0.15) is 18.3 Å². The monoisotopic (exact) mass is 405 g/mol. The molecular formula is C23H29N6O+. The summed E-state index contributed by atoms with van der Waals surface area (Å²) < 4.78 is 5.57. The molecule has 0 bridgehead atoms. The van der Waals surface area contributed by atoms with E-state index < -0.39 is 0 Å². The molecule has 156 valence electrons. The lowest BCUT2D eigenvalue weighted by molar-refractivity contribution is -0.932. The summed E-state index contributed by atoms with van der Waals surface area (Å²) in [4.78, 5) is 14.7. The van der Waals surface area contributed by atoms with E-state index in [9.17, 15) is 0 Å². The Kier molecular flexibility index (Phi) is 6.09. The molecule has 7 nitrogen and oxygen atoms in total. The fourth-order valence-electron chi connectivity index (χ4n) is 4.03. The van der Waals surface area contributed by atoms with Crippen molar-refractivity contribution >= 4 is 17.6 Å². The van der Waals surface area contributed by atoms with Crippen LogP contribution in [0.5, 0.6) is 5.75 Å². The number of hydrogen-bond donors (Lipinski definition) is 3. The van der Waals surface area contributed by atoms with E-state index in [4.69, 9.17) is 10.5 Å². The van der Waals surface area contributed by atoms with Crippen molar-refractivity contribution in [3.05, 3.63) is 65.5 Å². The third-order valence-electron chi connectivity index (χ3n) is 5.47. The zero-order valence-electron chi connectivity index (χ0n) is 17.6. The molecule has 4 rings (SSSR count). The number of nitrogens with zero attached hydrogens (tertiary/aromatic N) is 3. The summed E-state index contributed by atoms with van der Waals surface area (Å²) in [5.74, 6) is 2.35. The van der Waals surface area contributed by atoms with Crippen molar-refractivity contribution in [1.82, 2.24) is 15.0 Å². The second kappa shape index (κ2) is 9.09. The minimum absolute atomic E-state index is 0.242. The molecular weight excluding hydrogens is 376 g/mol. The third kappa shape index (κ3) is 4.86. The Bertz CT molecular complexity index is 974. The van der Waals surface area contributed by atoms with E-state index in [-0.39, 0.29) is 5.95 Å². The highest BCUT2D eigenvalue weighted by atomic mass is 16.5. The molecule has 1 aliphatic heterocycles. The van der Waals surface area contributed by atoms with Gasteiger partial charge in [-0.1, -0.05) is 17.7 Å². The van der Waals surface area contributed by atoms with Gasteiger partial charge in [0.05, 0.1) is 13.2 Å². The highest BCUT2D eigenvalue weighted by Gasteiger charge is 2.31. The van der Waals surface area contributed by atoms with E-state index in [0.29, 0.717) is 31.0 Å². The molecule has 2 atom stereocenters. The van der Waals surface area contributed by atoms with Gasteiger partial charge in [0.15, 0.2) is 5.82 Å². The fraction of sp³-hybridized carbons (Fsp3) is 0.348. The molecule has 1 saturated heterocycles. The number of ether oxygens (including phenoxy) is 1. The molecule has 0 saturated carbocycles. The topological polar surface area (TPSA) is 90.4 Å². The maximum absolute atomic E-state index is 5.98. The quantitative estimate of drug-likeness (QED) is 0.560. The Balaban J connectivity index is 1.48. The molecule has 4 N–H and O–H groups in total. The lowest BCUT2D eigenvalue weighted by Crippen LogP contribution is -3.09. The average Bonchev–Trinajstić information content (AvgIpc) is 3.18. The molecule has 1 aromatic heterocycles. The van der Waals surface area contributed by atoms with E-state index >= 15 is 0 Å². The number of nitrogen functional groups attached to an aromatic ring is 1. The Morgan fingerprint density at radius 3 is 2.57 bits per heavy atom. The maximum Gasteiger partial charge on any atom is 0.232 e. The maximum atomic E-state index is 5.98. The SMILES string of the molecule is CCOc1ccc([C@@H]2CCC[NH+]2Cc2nc(N)nc(Nc3ccc(C)cc3)n2)cc1. The van der Waals surface area contributed by atoms with Gasteiger partial charge in [0, 0.05) is 24.1 Å². The molecule has 3 aromatic rings. The number of rotatable bonds is 7. The Morgan fingerprint density at radius 2 is 1.83 bits per heavy atom. The van der Waals surface area contributed by atoms with Crippen molar-refractivity contribution in [1.29, 1.82) is 0 Å². The van der Waals surface area contributed by atoms with Gasteiger partial charge < -0.3 is 20.7 Å². The smallest absolute Gasteiger partial charge is 0.232 e. The molecule has 0 spiro atoms. The number of quaternary nitrogens is 1. The molecule has 1 unspecified atom stereocenters. The van der Waals surface area contributed by atoms with Crippen molar-refractivity contribution in [2.45, 2.75) is 39.3 Å². The Morgan fingerprint density at radius 1 is 1.07 bits per heavy atom. The summed E-state index contributed by atoms with van der Waals surface area (Å²) >= 11 is 0. The van der Waals surface area contributed by atoms with Crippen LogP contribution in [-0.4, -0.2) is 28.1 Å². The second-order valence-corrected chi connectivity index (χ2v) is 7.71. The van der Waals surface area contributed by atoms with Gasteiger partial charge in [-0.15, -0.1) is 0 Å². The second-order valence-electron chi connectivity index (χ2n) is 7.71. The number of aryl methyl sites for hydroxylation is 1. The van der Waals surface area contributed by atoms with Gasteiger partial charge in [-0.25, -0.2) is 0 Å². The molecule has 1 aliphatic rings. The standard InChI is InChI=1S/C23H28N6O/c1-3-30-19-12-8-17(9-13-19)20-5-4-14-29(20)15-21-26-22(24)28-23(27-21)25-18-10-6-16(2)7-11-18/h6-13,20H,3-5,14-15H2,1-2H3,(H3,24,25,26,27,28)/p+1/t20-/m0/s1. The largest absolute Gasteiger partial charge is 0.494 e. The first kappa shape index (κ1) is 20.1. The number of anilines is 3. The van der Waals surface area contributed by atoms with Gasteiger partial charge in [-0.05, 0) is 50.2 Å². The minimum atomic E-state index is 0.242. The number of hydrogen-bond acceptors (Lipinski definition) is 6. The van der Waals surface area contributed by atoms with Gasteiger partial charge in [-0.2, -0.15) is 15.0 Å². The molecule has 2 aromatic carbocycles. The Hall–Kier alpha value is -3.19. The minimum Gasteiger partial charge on any atom is -0.494 e. The summed E-state index contributed by atoms with van der Waals surface area (Å²) in [5, 5.41) is 3.23. The first-order valence-electron chi connectivity index (χ1n) is 10.5. The predicted octanol–water partition coefficient (Wildman–Crippen LogP) is 2.82. The van der Waals surface area contributed by atoms with E-state index in [1.807, 2.05) is 31.2 Å². The number of nitrogens with one attached hydrogen (secondary N) is 2. The van der Waals surface area contributed by atoms with Crippen molar-refractivity contribution in [3.63, 3.8) is 0 Å². The highest BCUT2D eigenvalue weighted by molar-refractivity contribution is 5.54. The summed E-state index contributed by atoms with van der Waals surface area (Å²) in [7, 11) is 0. The number of aromatic nitrogens is 3. The van der Waals surface area contributed by atoms with Crippen LogP contribution in [0.4, 0.5) is 17.6 Å². The van der Waals surface area contributed by atoms with Gasteiger partial charge >= 0.3 is 0 Å². The first-order valence-corrected chi connectivity index (χ1v) is 10.5. The van der Waals surface area contributed by atoms with Crippen LogP contribution in [0.3, 0.4) is 0 Å². The first-order chi connectivity index (χ1) is 14.6. The summed E-state index contributed by atoms with van der Waals surface area (Å²) in [6.45, 7) is 6.54. The lowest BCUT2D eigenvalue weighted by atomic mass is 10.0. The van der Waals surface area contributed by atoms with Crippen molar-refractivity contribution in [2.75, 3.05) is 24.2 Å². The van der Waals surface area contributed by atoms with Crippen LogP contribution in [0.1, 0.15) is 42.8 Å². The summed E-state index contributed by atoms with van der Waals surface area (Å²) in [6, 6.07) is 17.0. The lowest BCUT2D eigenvalue weighted by Gasteiger charge is -2.21. The number of likely N-dealkylation sites (tertiary alicyclic amines) is 1. The normalized spacial score (nSPS) is 18.3. The number of benzene rings is 2. The van der Waals surface area contributed by atoms with Crippen molar-refractivity contribution in [3.8, 4) is 5.75 Å². The highest BCUT2D eigenvalue weighted by Crippen LogP contribution is 2.22. The zero-order chi connectivity index (χ0) is 20.9. The predicted molar refractivity (Wildman–Crippen MR) is 118 cm³/mol. The zero-order valence-corrected chi connectivity index (χ0v) is 17.6. The van der Waals surface area contributed by atoms with Crippen LogP contribution in [-0.2, 0) is 6.54 Å². The fourth-order valence-corrected chi connectivity index (χ4v) is 4.03.